The highest BCUT2D eigenvalue weighted by molar-refractivity contribution is 4.96. The lowest BCUT2D eigenvalue weighted by molar-refractivity contribution is 0.318. The molecule has 0 spiro atoms. The topological polar surface area (TPSA) is 21.9 Å². The van der Waals surface area contributed by atoms with Crippen LogP contribution in [0.3, 0.4) is 0 Å². The monoisotopic (exact) mass is 141 g/mol. The Balaban J connectivity index is 2.24. The van der Waals surface area contributed by atoms with Gasteiger partial charge in [-0.3, -0.25) is 0 Å². The summed E-state index contributed by atoms with van der Waals surface area (Å²) in [4.78, 5) is 0. The normalized spacial score (nSPS) is 32.4. The third kappa shape index (κ3) is 1.98. The molecule has 0 aliphatic carbocycles. The van der Waals surface area contributed by atoms with Crippen LogP contribution in [0.1, 0.15) is 40.5 Å². The second kappa shape index (κ2) is 2.54. The van der Waals surface area contributed by atoms with Crippen LogP contribution < -0.4 is 5.32 Å². The van der Waals surface area contributed by atoms with Crippen molar-refractivity contribution in [3.05, 3.63) is 0 Å². The van der Waals surface area contributed by atoms with Crippen molar-refractivity contribution in [2.75, 3.05) is 0 Å². The number of nitrogens with one attached hydrogen (secondary N) is 1. The van der Waals surface area contributed by atoms with Gasteiger partial charge in [-0.2, -0.15) is 0 Å². The number of rotatable bonds is 3. The minimum Gasteiger partial charge on any atom is -0.308 e. The summed E-state index contributed by atoms with van der Waals surface area (Å²) in [7, 11) is 0. The molecule has 1 heterocycles. The van der Waals surface area contributed by atoms with Gasteiger partial charge in [0.15, 0.2) is 0 Å². The summed E-state index contributed by atoms with van der Waals surface area (Å²) in [6, 6.07) is 1.60. The van der Waals surface area contributed by atoms with Crippen molar-refractivity contribution in [2.24, 2.45) is 5.41 Å². The van der Waals surface area contributed by atoms with Crippen LogP contribution in [0, 0.1) is 5.41 Å². The second-order valence-electron chi connectivity index (χ2n) is 4.28. The third-order valence-corrected chi connectivity index (χ3v) is 2.70. The minimum absolute atomic E-state index is 0.544. The average Bonchev–Trinajstić information content (AvgIpc) is 2.46. The fourth-order valence-corrected chi connectivity index (χ4v) is 1.26. The van der Waals surface area contributed by atoms with Crippen LogP contribution in [-0.2, 0) is 0 Å². The lowest BCUT2D eigenvalue weighted by atomic mass is 9.84. The van der Waals surface area contributed by atoms with Crippen molar-refractivity contribution in [3.8, 4) is 0 Å². The SMILES string of the molecule is CCC(C)(C)CC1NC1C. The van der Waals surface area contributed by atoms with Gasteiger partial charge < -0.3 is 5.32 Å². The van der Waals surface area contributed by atoms with Crippen molar-refractivity contribution in [2.45, 2.75) is 52.6 Å². The Hall–Kier alpha value is -0.0400. The smallest absolute Gasteiger partial charge is 0.0226 e. The van der Waals surface area contributed by atoms with Crippen molar-refractivity contribution in [3.63, 3.8) is 0 Å². The molecule has 1 N–H and O–H groups in total. The summed E-state index contributed by atoms with van der Waals surface area (Å²) in [6.07, 6.45) is 2.63. The van der Waals surface area contributed by atoms with E-state index in [0.717, 1.165) is 12.1 Å². The maximum absolute atomic E-state index is 3.42. The molecular formula is C9H19N. The second-order valence-corrected chi connectivity index (χ2v) is 4.28. The summed E-state index contributed by atoms with van der Waals surface area (Å²) < 4.78 is 0. The zero-order valence-corrected chi connectivity index (χ0v) is 7.57. The molecule has 0 amide bonds. The maximum Gasteiger partial charge on any atom is 0.0226 e. The molecule has 10 heavy (non-hydrogen) atoms. The Morgan fingerprint density at radius 2 is 1.90 bits per heavy atom. The number of hydrogen-bond donors (Lipinski definition) is 1. The van der Waals surface area contributed by atoms with Crippen molar-refractivity contribution >= 4 is 0 Å². The molecule has 0 aromatic rings. The molecule has 1 rings (SSSR count). The van der Waals surface area contributed by atoms with Crippen molar-refractivity contribution < 1.29 is 0 Å². The van der Waals surface area contributed by atoms with Gasteiger partial charge >= 0.3 is 0 Å². The molecule has 1 heteroatoms. The van der Waals surface area contributed by atoms with Gasteiger partial charge in [-0.05, 0) is 18.8 Å². The summed E-state index contributed by atoms with van der Waals surface area (Å²) in [6.45, 7) is 9.23. The molecule has 2 unspecified atom stereocenters. The predicted octanol–water partition coefficient (Wildman–Crippen LogP) is 2.17. The fraction of sp³-hybridized carbons (Fsp3) is 1.00. The van der Waals surface area contributed by atoms with Crippen LogP contribution >= 0.6 is 0 Å². The predicted molar refractivity (Wildman–Crippen MR) is 45.1 cm³/mol. The van der Waals surface area contributed by atoms with Crippen LogP contribution in [0.2, 0.25) is 0 Å². The molecule has 1 nitrogen and oxygen atoms in total. The van der Waals surface area contributed by atoms with E-state index in [1.165, 1.54) is 12.8 Å². The summed E-state index contributed by atoms with van der Waals surface area (Å²) >= 11 is 0. The first kappa shape index (κ1) is 8.06. The van der Waals surface area contributed by atoms with Crippen molar-refractivity contribution in [1.82, 2.24) is 5.32 Å². The molecule has 1 saturated heterocycles. The number of hydrogen-bond acceptors (Lipinski definition) is 1. The maximum atomic E-state index is 3.42. The van der Waals surface area contributed by atoms with Gasteiger partial charge in [-0.1, -0.05) is 27.2 Å². The van der Waals surface area contributed by atoms with Crippen molar-refractivity contribution in [1.29, 1.82) is 0 Å². The third-order valence-electron chi connectivity index (χ3n) is 2.70. The lowest BCUT2D eigenvalue weighted by Gasteiger charge is -2.21. The van der Waals surface area contributed by atoms with E-state index >= 15 is 0 Å². The highest BCUT2D eigenvalue weighted by Crippen LogP contribution is 2.31. The molecule has 0 radical (unpaired) electrons. The van der Waals surface area contributed by atoms with Crippen LogP contribution in [0.4, 0.5) is 0 Å². The first-order valence-corrected chi connectivity index (χ1v) is 4.31. The average molecular weight is 141 g/mol. The zero-order chi connectivity index (χ0) is 7.78. The van der Waals surface area contributed by atoms with Gasteiger partial charge in [-0.15, -0.1) is 0 Å². The largest absolute Gasteiger partial charge is 0.308 e. The first-order chi connectivity index (χ1) is 4.55. The van der Waals surface area contributed by atoms with Crippen LogP contribution in [0.5, 0.6) is 0 Å². The van der Waals surface area contributed by atoms with E-state index in [2.05, 4.69) is 33.0 Å². The van der Waals surface area contributed by atoms with E-state index in [0.29, 0.717) is 5.41 Å². The zero-order valence-electron chi connectivity index (χ0n) is 7.57. The van der Waals surface area contributed by atoms with Crippen LogP contribution in [0.25, 0.3) is 0 Å². The molecule has 2 atom stereocenters. The Labute approximate surface area is 64.2 Å². The van der Waals surface area contributed by atoms with E-state index in [-0.39, 0.29) is 0 Å². The molecule has 60 valence electrons. The molecule has 1 fully saturated rings. The van der Waals surface area contributed by atoms with Crippen LogP contribution in [-0.4, -0.2) is 12.1 Å². The fourth-order valence-electron chi connectivity index (χ4n) is 1.26. The molecule has 1 aliphatic rings. The standard InChI is InChI=1S/C9H19N/c1-5-9(3,4)6-8-7(2)10-8/h7-8,10H,5-6H2,1-4H3. The first-order valence-electron chi connectivity index (χ1n) is 4.31. The van der Waals surface area contributed by atoms with E-state index in [9.17, 15) is 0 Å². The quantitative estimate of drug-likeness (QED) is 0.598. The highest BCUT2D eigenvalue weighted by Gasteiger charge is 2.35. The van der Waals surface area contributed by atoms with Gasteiger partial charge in [0.25, 0.3) is 0 Å². The Morgan fingerprint density at radius 1 is 1.40 bits per heavy atom. The van der Waals surface area contributed by atoms with Gasteiger partial charge in [0.1, 0.15) is 0 Å². The van der Waals surface area contributed by atoms with Gasteiger partial charge in [0, 0.05) is 12.1 Å². The van der Waals surface area contributed by atoms with E-state index in [4.69, 9.17) is 0 Å². The molecule has 0 bridgehead atoms. The Kier molecular flexibility index (Phi) is 2.04. The molecular weight excluding hydrogens is 122 g/mol. The molecule has 0 saturated carbocycles. The van der Waals surface area contributed by atoms with E-state index in [1.807, 2.05) is 0 Å². The highest BCUT2D eigenvalue weighted by atomic mass is 15.1. The van der Waals surface area contributed by atoms with Gasteiger partial charge in [0.2, 0.25) is 0 Å². The molecule has 0 aromatic carbocycles. The van der Waals surface area contributed by atoms with E-state index in [1.54, 1.807) is 0 Å². The lowest BCUT2D eigenvalue weighted by Crippen LogP contribution is -2.14. The Morgan fingerprint density at radius 3 is 2.20 bits per heavy atom. The summed E-state index contributed by atoms with van der Waals surface area (Å²) in [5.74, 6) is 0. The Bertz CT molecular complexity index is 118. The van der Waals surface area contributed by atoms with Gasteiger partial charge in [0.05, 0.1) is 0 Å². The molecule has 0 aromatic heterocycles. The summed E-state index contributed by atoms with van der Waals surface area (Å²) in [5.41, 5.74) is 0.544. The molecule has 1 aliphatic heterocycles. The van der Waals surface area contributed by atoms with Gasteiger partial charge in [-0.25, -0.2) is 0 Å². The van der Waals surface area contributed by atoms with Crippen LogP contribution in [0.15, 0.2) is 0 Å². The minimum atomic E-state index is 0.544. The van der Waals surface area contributed by atoms with E-state index < -0.39 is 0 Å². The summed E-state index contributed by atoms with van der Waals surface area (Å²) in [5, 5.41) is 3.42.